The number of nitrogens with one attached hydrogen (secondary N) is 1. The average Bonchev–Trinajstić information content (AvgIpc) is 2.70. The SMILES string of the molecule is Cc1ncn(-c2cccc(CNCC(C)C)n2)c1C. The second-order valence-electron chi connectivity index (χ2n) is 5.30. The summed E-state index contributed by atoms with van der Waals surface area (Å²) in [6.07, 6.45) is 1.83. The summed E-state index contributed by atoms with van der Waals surface area (Å²) in [6, 6.07) is 6.11. The van der Waals surface area contributed by atoms with Crippen LogP contribution in [0.15, 0.2) is 24.5 Å². The van der Waals surface area contributed by atoms with E-state index in [-0.39, 0.29) is 0 Å². The van der Waals surface area contributed by atoms with Crippen LogP contribution in [0.25, 0.3) is 5.82 Å². The summed E-state index contributed by atoms with van der Waals surface area (Å²) in [5, 5.41) is 3.41. The van der Waals surface area contributed by atoms with Gasteiger partial charge in [0, 0.05) is 12.2 Å². The fourth-order valence-electron chi connectivity index (χ4n) is 1.92. The molecule has 0 atom stereocenters. The highest BCUT2D eigenvalue weighted by Gasteiger charge is 2.06. The van der Waals surface area contributed by atoms with Gasteiger partial charge in [0.2, 0.25) is 0 Å². The predicted octanol–water partition coefficient (Wildman–Crippen LogP) is 2.63. The van der Waals surface area contributed by atoms with Gasteiger partial charge in [-0.3, -0.25) is 4.57 Å². The molecule has 2 heterocycles. The molecule has 2 aromatic rings. The molecule has 1 N–H and O–H groups in total. The summed E-state index contributed by atoms with van der Waals surface area (Å²) in [4.78, 5) is 8.99. The van der Waals surface area contributed by atoms with Crippen molar-refractivity contribution in [1.29, 1.82) is 0 Å². The second kappa shape index (κ2) is 5.97. The minimum Gasteiger partial charge on any atom is -0.311 e. The quantitative estimate of drug-likeness (QED) is 0.896. The maximum absolute atomic E-state index is 4.67. The Hall–Kier alpha value is -1.68. The zero-order valence-corrected chi connectivity index (χ0v) is 12.1. The predicted molar refractivity (Wildman–Crippen MR) is 77.4 cm³/mol. The van der Waals surface area contributed by atoms with Crippen LogP contribution in [-0.2, 0) is 6.54 Å². The number of hydrogen-bond donors (Lipinski definition) is 1. The van der Waals surface area contributed by atoms with Crippen LogP contribution >= 0.6 is 0 Å². The molecule has 4 heteroatoms. The van der Waals surface area contributed by atoms with Gasteiger partial charge in [0.1, 0.15) is 12.1 Å². The van der Waals surface area contributed by atoms with Crippen LogP contribution in [0.3, 0.4) is 0 Å². The van der Waals surface area contributed by atoms with Gasteiger partial charge in [-0.05, 0) is 38.4 Å². The summed E-state index contributed by atoms with van der Waals surface area (Å²) in [5.74, 6) is 1.59. The Morgan fingerprint density at radius 3 is 2.68 bits per heavy atom. The summed E-state index contributed by atoms with van der Waals surface area (Å²) in [7, 11) is 0. The van der Waals surface area contributed by atoms with E-state index in [1.807, 2.05) is 30.0 Å². The standard InChI is InChI=1S/C15H22N4/c1-11(2)8-16-9-14-6-5-7-15(18-14)19-10-17-12(3)13(19)4/h5-7,10-11,16H,8-9H2,1-4H3. The topological polar surface area (TPSA) is 42.7 Å². The molecule has 2 aromatic heterocycles. The van der Waals surface area contributed by atoms with E-state index in [0.717, 1.165) is 36.0 Å². The Labute approximate surface area is 114 Å². The van der Waals surface area contributed by atoms with E-state index in [9.17, 15) is 0 Å². The van der Waals surface area contributed by atoms with Gasteiger partial charge in [-0.1, -0.05) is 19.9 Å². The maximum atomic E-state index is 4.67. The van der Waals surface area contributed by atoms with E-state index in [0.29, 0.717) is 5.92 Å². The minimum atomic E-state index is 0.654. The second-order valence-corrected chi connectivity index (χ2v) is 5.30. The average molecular weight is 258 g/mol. The Morgan fingerprint density at radius 1 is 1.26 bits per heavy atom. The van der Waals surface area contributed by atoms with Gasteiger partial charge in [0.25, 0.3) is 0 Å². The summed E-state index contributed by atoms with van der Waals surface area (Å²) in [6.45, 7) is 10.3. The Balaban J connectivity index is 2.13. The molecule has 0 aliphatic rings. The van der Waals surface area contributed by atoms with Crippen molar-refractivity contribution in [2.45, 2.75) is 34.2 Å². The molecule has 0 saturated carbocycles. The fourth-order valence-corrected chi connectivity index (χ4v) is 1.92. The molecular weight excluding hydrogens is 236 g/mol. The van der Waals surface area contributed by atoms with Crippen molar-refractivity contribution < 1.29 is 0 Å². The molecule has 0 aromatic carbocycles. The van der Waals surface area contributed by atoms with Crippen molar-refractivity contribution in [1.82, 2.24) is 19.9 Å². The van der Waals surface area contributed by atoms with Crippen molar-refractivity contribution in [2.75, 3.05) is 6.54 Å². The number of rotatable bonds is 5. The van der Waals surface area contributed by atoms with Crippen molar-refractivity contribution >= 4 is 0 Å². The zero-order chi connectivity index (χ0) is 13.8. The van der Waals surface area contributed by atoms with Crippen LogP contribution in [0.1, 0.15) is 30.9 Å². The first-order valence-electron chi connectivity index (χ1n) is 6.75. The van der Waals surface area contributed by atoms with Gasteiger partial charge in [-0.25, -0.2) is 9.97 Å². The third kappa shape index (κ3) is 3.41. The van der Waals surface area contributed by atoms with Crippen molar-refractivity contribution in [3.8, 4) is 5.82 Å². The van der Waals surface area contributed by atoms with Gasteiger partial charge >= 0.3 is 0 Å². The first kappa shape index (κ1) is 13.7. The van der Waals surface area contributed by atoms with Crippen LogP contribution < -0.4 is 5.32 Å². The number of aryl methyl sites for hydroxylation is 1. The molecule has 0 aliphatic heterocycles. The molecule has 0 spiro atoms. The van der Waals surface area contributed by atoms with Gasteiger partial charge in [-0.2, -0.15) is 0 Å². The van der Waals surface area contributed by atoms with Gasteiger partial charge in [0.15, 0.2) is 0 Å². The number of nitrogens with zero attached hydrogens (tertiary/aromatic N) is 3. The van der Waals surface area contributed by atoms with Gasteiger partial charge < -0.3 is 5.32 Å². The lowest BCUT2D eigenvalue weighted by atomic mass is 10.2. The Bertz CT molecular complexity index is 543. The molecule has 0 aliphatic carbocycles. The molecule has 0 amide bonds. The highest BCUT2D eigenvalue weighted by Crippen LogP contribution is 2.12. The summed E-state index contributed by atoms with van der Waals surface area (Å²) < 4.78 is 2.03. The van der Waals surface area contributed by atoms with E-state index in [4.69, 9.17) is 0 Å². The van der Waals surface area contributed by atoms with Crippen LogP contribution in [0.5, 0.6) is 0 Å². The van der Waals surface area contributed by atoms with Crippen LogP contribution in [0, 0.1) is 19.8 Å². The van der Waals surface area contributed by atoms with Gasteiger partial charge in [-0.15, -0.1) is 0 Å². The first-order chi connectivity index (χ1) is 9.08. The normalized spacial score (nSPS) is 11.2. The molecule has 19 heavy (non-hydrogen) atoms. The lowest BCUT2D eigenvalue weighted by Crippen LogP contribution is -2.19. The van der Waals surface area contributed by atoms with Crippen LogP contribution in [0.4, 0.5) is 0 Å². The van der Waals surface area contributed by atoms with E-state index in [1.54, 1.807) is 0 Å². The number of aromatic nitrogens is 3. The molecule has 2 rings (SSSR count). The number of hydrogen-bond acceptors (Lipinski definition) is 3. The molecule has 4 nitrogen and oxygen atoms in total. The highest BCUT2D eigenvalue weighted by atomic mass is 15.1. The number of pyridine rings is 1. The highest BCUT2D eigenvalue weighted by molar-refractivity contribution is 5.29. The first-order valence-corrected chi connectivity index (χ1v) is 6.75. The lowest BCUT2D eigenvalue weighted by Gasteiger charge is -2.09. The summed E-state index contributed by atoms with van der Waals surface area (Å²) in [5.41, 5.74) is 3.24. The third-order valence-electron chi connectivity index (χ3n) is 3.15. The molecule has 0 unspecified atom stereocenters. The van der Waals surface area contributed by atoms with Crippen LogP contribution in [0.2, 0.25) is 0 Å². The van der Waals surface area contributed by atoms with E-state index < -0.39 is 0 Å². The summed E-state index contributed by atoms with van der Waals surface area (Å²) >= 11 is 0. The van der Waals surface area contributed by atoms with Crippen LogP contribution in [-0.4, -0.2) is 21.1 Å². The Kier molecular flexibility index (Phi) is 4.32. The maximum Gasteiger partial charge on any atom is 0.138 e. The zero-order valence-electron chi connectivity index (χ0n) is 12.1. The fraction of sp³-hybridized carbons (Fsp3) is 0.467. The molecule has 0 fully saturated rings. The lowest BCUT2D eigenvalue weighted by molar-refractivity contribution is 0.548. The monoisotopic (exact) mass is 258 g/mol. The molecule has 102 valence electrons. The largest absolute Gasteiger partial charge is 0.311 e. The van der Waals surface area contributed by atoms with E-state index >= 15 is 0 Å². The minimum absolute atomic E-state index is 0.654. The molecule has 0 saturated heterocycles. The van der Waals surface area contributed by atoms with E-state index in [2.05, 4.69) is 42.1 Å². The van der Waals surface area contributed by atoms with Gasteiger partial charge in [0.05, 0.1) is 11.4 Å². The van der Waals surface area contributed by atoms with E-state index in [1.165, 1.54) is 0 Å². The smallest absolute Gasteiger partial charge is 0.138 e. The number of imidazole rings is 1. The third-order valence-corrected chi connectivity index (χ3v) is 3.15. The van der Waals surface area contributed by atoms with Crippen molar-refractivity contribution in [2.24, 2.45) is 5.92 Å². The van der Waals surface area contributed by atoms with Crippen molar-refractivity contribution in [3.05, 3.63) is 41.6 Å². The Morgan fingerprint density at radius 2 is 2.05 bits per heavy atom. The van der Waals surface area contributed by atoms with Crippen molar-refractivity contribution in [3.63, 3.8) is 0 Å². The molecule has 0 bridgehead atoms. The molecular formula is C15H22N4. The molecule has 0 radical (unpaired) electrons.